The number of likely N-dealkylation sites (N-methyl/N-ethyl adjacent to an activating group) is 2. The van der Waals surface area contributed by atoms with Crippen LogP contribution in [0.15, 0.2) is 0 Å². The van der Waals surface area contributed by atoms with E-state index in [0.29, 0.717) is 13.1 Å². The minimum atomic E-state index is -1.31. The van der Waals surface area contributed by atoms with Crippen LogP contribution in [-0.4, -0.2) is 47.6 Å². The van der Waals surface area contributed by atoms with Gasteiger partial charge in [-0.25, -0.2) is 0 Å². The molecule has 8 heteroatoms. The van der Waals surface area contributed by atoms with E-state index in [0.717, 1.165) is 0 Å². The van der Waals surface area contributed by atoms with Crippen LogP contribution < -0.4 is 21.7 Å². The molecule has 112 valence electrons. The Labute approximate surface area is 125 Å². The lowest BCUT2D eigenvalue weighted by Crippen LogP contribution is -2.70. The first-order valence-electron chi connectivity index (χ1n) is 6.16. The molecule has 0 rings (SSSR count). The number of nitrogens with one attached hydrogen (secondary N) is 3. The zero-order chi connectivity index (χ0) is 15.1. The van der Waals surface area contributed by atoms with Gasteiger partial charge in [-0.2, -0.15) is 25.3 Å². The van der Waals surface area contributed by atoms with Gasteiger partial charge in [0.1, 0.15) is 5.54 Å². The zero-order valence-corrected chi connectivity index (χ0v) is 13.4. The van der Waals surface area contributed by atoms with Crippen LogP contribution in [0.5, 0.6) is 0 Å². The van der Waals surface area contributed by atoms with E-state index in [-0.39, 0.29) is 17.4 Å². The zero-order valence-electron chi connectivity index (χ0n) is 11.6. The highest BCUT2D eigenvalue weighted by Crippen LogP contribution is 2.09. The van der Waals surface area contributed by atoms with Crippen molar-refractivity contribution >= 4 is 37.1 Å². The number of nitrogens with two attached hydrogens (primary N) is 1. The maximum Gasteiger partial charge on any atom is 0.256 e. The summed E-state index contributed by atoms with van der Waals surface area (Å²) in [6, 6.07) is 0. The minimum Gasteiger partial charge on any atom is -0.354 e. The molecular formula is C11H24N4O2S2. The molecule has 2 amide bonds. The summed E-state index contributed by atoms with van der Waals surface area (Å²) in [5.74, 6) is -0.493. The monoisotopic (exact) mass is 308 g/mol. The number of carbonyl (C=O) groups excluding carboxylic acids is 2. The molecule has 0 aliphatic rings. The Bertz CT molecular complexity index is 330. The molecule has 0 aliphatic heterocycles. The standard InChI is InChI=1S/C11H24N4O2S2/c1-4-13-8(16)10(3,6-18)15-9(17)11(12,7-19)14-5-2/h14,18-19H,4-7,12H2,1-3H3,(H,13,16)(H,15,17)/t10-,11-/m0/s1. The molecule has 0 aromatic rings. The van der Waals surface area contributed by atoms with Gasteiger partial charge in [0.2, 0.25) is 5.91 Å². The molecule has 0 saturated carbocycles. The summed E-state index contributed by atoms with van der Waals surface area (Å²) in [5.41, 5.74) is 3.51. The van der Waals surface area contributed by atoms with Crippen LogP contribution in [0, 0.1) is 0 Å². The van der Waals surface area contributed by atoms with Crippen molar-refractivity contribution in [2.75, 3.05) is 24.6 Å². The van der Waals surface area contributed by atoms with Crippen molar-refractivity contribution in [3.8, 4) is 0 Å². The molecule has 5 N–H and O–H groups in total. The third-order valence-corrected chi connectivity index (χ3v) is 3.82. The number of hydrogen-bond donors (Lipinski definition) is 6. The summed E-state index contributed by atoms with van der Waals surface area (Å²) >= 11 is 8.21. The van der Waals surface area contributed by atoms with E-state index in [4.69, 9.17) is 5.73 Å². The van der Waals surface area contributed by atoms with Crippen molar-refractivity contribution < 1.29 is 9.59 Å². The second-order valence-electron chi connectivity index (χ2n) is 4.46. The predicted octanol–water partition coefficient (Wildman–Crippen LogP) is -0.878. The van der Waals surface area contributed by atoms with Gasteiger partial charge >= 0.3 is 0 Å². The molecule has 0 aliphatic carbocycles. The number of amides is 2. The van der Waals surface area contributed by atoms with Gasteiger partial charge in [-0.15, -0.1) is 0 Å². The van der Waals surface area contributed by atoms with Crippen molar-refractivity contribution in [3.63, 3.8) is 0 Å². The Hall–Kier alpha value is -0.440. The summed E-state index contributed by atoms with van der Waals surface area (Å²) in [7, 11) is 0. The SMILES string of the molecule is CCNC(=O)[C@](C)(CS)NC(=O)[C@](N)(CS)NCC. The lowest BCUT2D eigenvalue weighted by molar-refractivity contribution is -0.134. The van der Waals surface area contributed by atoms with Gasteiger partial charge in [0, 0.05) is 18.1 Å². The molecular weight excluding hydrogens is 284 g/mol. The van der Waals surface area contributed by atoms with Crippen LogP contribution in [0.25, 0.3) is 0 Å². The molecule has 0 aromatic heterocycles. The lowest BCUT2D eigenvalue weighted by atomic mass is 10.0. The minimum absolute atomic E-state index is 0.116. The second-order valence-corrected chi connectivity index (χ2v) is 5.10. The number of hydrogen-bond acceptors (Lipinski definition) is 6. The van der Waals surface area contributed by atoms with E-state index in [9.17, 15) is 9.59 Å². The molecule has 0 bridgehead atoms. The van der Waals surface area contributed by atoms with Crippen LogP contribution in [-0.2, 0) is 9.59 Å². The maximum atomic E-state index is 12.2. The van der Waals surface area contributed by atoms with Gasteiger partial charge < -0.3 is 16.4 Å². The van der Waals surface area contributed by atoms with Crippen LogP contribution in [0.2, 0.25) is 0 Å². The van der Waals surface area contributed by atoms with Crippen LogP contribution in [0.4, 0.5) is 0 Å². The van der Waals surface area contributed by atoms with Crippen LogP contribution in [0.1, 0.15) is 20.8 Å². The van der Waals surface area contributed by atoms with Gasteiger partial charge in [-0.3, -0.25) is 14.9 Å². The lowest BCUT2D eigenvalue weighted by Gasteiger charge is -2.34. The summed E-state index contributed by atoms with van der Waals surface area (Å²) in [6.45, 7) is 6.24. The highest BCUT2D eigenvalue weighted by Gasteiger charge is 2.39. The quantitative estimate of drug-likeness (QED) is 0.259. The van der Waals surface area contributed by atoms with E-state index in [1.54, 1.807) is 13.8 Å². The van der Waals surface area contributed by atoms with Crippen LogP contribution >= 0.6 is 25.3 Å². The number of thiol groups is 2. The summed E-state index contributed by atoms with van der Waals surface area (Å²) < 4.78 is 0. The third-order valence-electron chi connectivity index (χ3n) is 2.69. The van der Waals surface area contributed by atoms with Crippen molar-refractivity contribution in [3.05, 3.63) is 0 Å². The number of rotatable bonds is 8. The van der Waals surface area contributed by atoms with E-state index in [1.165, 1.54) is 0 Å². The first-order valence-corrected chi connectivity index (χ1v) is 7.42. The molecule has 0 spiro atoms. The largest absolute Gasteiger partial charge is 0.354 e. The van der Waals surface area contributed by atoms with Gasteiger partial charge in [-0.1, -0.05) is 6.92 Å². The maximum absolute atomic E-state index is 12.2. The molecule has 0 aromatic carbocycles. The highest BCUT2D eigenvalue weighted by molar-refractivity contribution is 7.80. The van der Waals surface area contributed by atoms with Gasteiger partial charge in [0.25, 0.3) is 5.91 Å². The smallest absolute Gasteiger partial charge is 0.256 e. The molecule has 0 saturated heterocycles. The molecule has 19 heavy (non-hydrogen) atoms. The van der Waals surface area contributed by atoms with Crippen molar-refractivity contribution in [2.24, 2.45) is 5.73 Å². The van der Waals surface area contributed by atoms with E-state index in [2.05, 4.69) is 41.2 Å². The second kappa shape index (κ2) is 7.98. The molecule has 0 heterocycles. The fourth-order valence-electron chi connectivity index (χ4n) is 1.41. The Kier molecular flexibility index (Phi) is 7.80. The average molecular weight is 308 g/mol. The Morgan fingerprint density at radius 3 is 2.05 bits per heavy atom. The van der Waals surface area contributed by atoms with Gasteiger partial charge in [-0.05, 0) is 20.4 Å². The molecule has 0 radical (unpaired) electrons. The van der Waals surface area contributed by atoms with Crippen molar-refractivity contribution in [2.45, 2.75) is 32.0 Å². The van der Waals surface area contributed by atoms with Crippen molar-refractivity contribution in [1.82, 2.24) is 16.0 Å². The van der Waals surface area contributed by atoms with Crippen LogP contribution in [0.3, 0.4) is 0 Å². The average Bonchev–Trinajstić information content (AvgIpc) is 2.38. The molecule has 2 atom stereocenters. The fourth-order valence-corrected chi connectivity index (χ4v) is 1.89. The normalized spacial score (nSPS) is 17.2. The molecule has 6 nitrogen and oxygen atoms in total. The Morgan fingerprint density at radius 2 is 1.68 bits per heavy atom. The van der Waals surface area contributed by atoms with E-state index >= 15 is 0 Å². The summed E-state index contributed by atoms with van der Waals surface area (Å²) in [5, 5.41) is 8.16. The van der Waals surface area contributed by atoms with E-state index in [1.807, 2.05) is 6.92 Å². The third kappa shape index (κ3) is 4.87. The van der Waals surface area contributed by atoms with E-state index < -0.39 is 17.1 Å². The van der Waals surface area contributed by atoms with Gasteiger partial charge in [0.15, 0.2) is 5.66 Å². The van der Waals surface area contributed by atoms with Gasteiger partial charge in [0.05, 0.1) is 0 Å². The topological polar surface area (TPSA) is 96.2 Å². The highest BCUT2D eigenvalue weighted by atomic mass is 32.1. The number of carbonyl (C=O) groups is 2. The molecule has 0 unspecified atom stereocenters. The fraction of sp³-hybridized carbons (Fsp3) is 0.818. The first kappa shape index (κ1) is 18.6. The Balaban J connectivity index is 4.96. The Morgan fingerprint density at radius 1 is 1.11 bits per heavy atom. The first-order chi connectivity index (χ1) is 8.79. The summed E-state index contributed by atoms with van der Waals surface area (Å²) in [6.07, 6.45) is 0. The summed E-state index contributed by atoms with van der Waals surface area (Å²) in [4.78, 5) is 24.2. The van der Waals surface area contributed by atoms with Crippen molar-refractivity contribution in [1.29, 1.82) is 0 Å². The molecule has 0 fully saturated rings. The predicted molar refractivity (Wildman–Crippen MR) is 83.5 cm³/mol.